The van der Waals surface area contributed by atoms with Crippen LogP contribution in [0, 0.1) is 0 Å². The molecule has 76 valence electrons. The molecule has 0 bridgehead atoms. The van der Waals surface area contributed by atoms with Gasteiger partial charge in [-0.15, -0.1) is 0 Å². The van der Waals surface area contributed by atoms with Crippen molar-refractivity contribution in [2.45, 2.75) is 25.5 Å². The highest BCUT2D eigenvalue weighted by molar-refractivity contribution is 7.96. The molecule has 0 heterocycles. The lowest BCUT2D eigenvalue weighted by Crippen LogP contribution is -2.09. The molecule has 0 atom stereocenters. The minimum Gasteiger partial charge on any atom is -0.425 e. The van der Waals surface area contributed by atoms with Crippen LogP contribution in [0.15, 0.2) is 24.3 Å². The Morgan fingerprint density at radius 3 is 2.50 bits per heavy atom. The molecule has 0 saturated heterocycles. The second kappa shape index (κ2) is 4.51. The minimum atomic E-state index is 0.0238. The van der Waals surface area contributed by atoms with Gasteiger partial charge >= 0.3 is 0 Å². The van der Waals surface area contributed by atoms with Crippen molar-refractivity contribution in [1.82, 2.24) is 0 Å². The van der Waals surface area contributed by atoms with Gasteiger partial charge in [0, 0.05) is 4.75 Å². The van der Waals surface area contributed by atoms with Crippen LogP contribution in [0.4, 0.5) is 0 Å². The molecule has 14 heavy (non-hydrogen) atoms. The average molecular weight is 210 g/mol. The molecule has 1 rings (SSSR count). The van der Waals surface area contributed by atoms with Crippen molar-refractivity contribution >= 4 is 18.3 Å². The highest BCUT2D eigenvalue weighted by Crippen LogP contribution is 2.28. The molecule has 0 spiro atoms. The Morgan fingerprint density at radius 2 is 1.93 bits per heavy atom. The van der Waals surface area contributed by atoms with Crippen LogP contribution in [-0.4, -0.2) is 11.0 Å². The van der Waals surface area contributed by atoms with Gasteiger partial charge in [0.05, 0.1) is 17.6 Å². The molecule has 0 N–H and O–H groups in total. The molecular formula is C11H14O2S. The minimum absolute atomic E-state index is 0.0238. The van der Waals surface area contributed by atoms with Gasteiger partial charge in [-0.2, -0.15) is 0 Å². The van der Waals surface area contributed by atoms with E-state index in [1.165, 1.54) is 12.0 Å². The summed E-state index contributed by atoms with van der Waals surface area (Å²) in [6.45, 7) is 6.17. The molecule has 0 saturated carbocycles. The Labute approximate surface area is 88.9 Å². The van der Waals surface area contributed by atoms with E-state index in [1.807, 2.05) is 12.1 Å². The Balaban J connectivity index is 2.71. The molecule has 3 heteroatoms. The highest BCUT2D eigenvalue weighted by Gasteiger charge is 2.14. The van der Waals surface area contributed by atoms with E-state index in [-0.39, 0.29) is 4.75 Å². The predicted molar refractivity (Wildman–Crippen MR) is 59.8 cm³/mol. The van der Waals surface area contributed by atoms with E-state index in [0.29, 0.717) is 11.3 Å². The number of benzene rings is 1. The molecule has 0 fully saturated rings. The molecule has 0 aromatic heterocycles. The quantitative estimate of drug-likeness (QED) is 0.565. The second-order valence-corrected chi connectivity index (χ2v) is 5.49. The molecule has 0 unspecified atom stereocenters. The molecule has 0 radical (unpaired) electrons. The Hall–Kier alpha value is -0.960. The molecule has 0 aliphatic rings. The molecule has 0 aliphatic heterocycles. The maximum absolute atomic E-state index is 10.7. The lowest BCUT2D eigenvalue weighted by atomic mass is 10.2. The van der Waals surface area contributed by atoms with E-state index in [4.69, 9.17) is 4.18 Å². The van der Waals surface area contributed by atoms with Crippen LogP contribution in [0.25, 0.3) is 0 Å². The van der Waals surface area contributed by atoms with Crippen molar-refractivity contribution < 1.29 is 8.98 Å². The topological polar surface area (TPSA) is 26.3 Å². The number of carbonyl (C=O) groups excluding carboxylic acids is 1. The zero-order valence-electron chi connectivity index (χ0n) is 8.61. The van der Waals surface area contributed by atoms with E-state index in [2.05, 4.69) is 20.8 Å². The summed E-state index contributed by atoms with van der Waals surface area (Å²) in [7, 11) is 0. The standard InChI is InChI=1S/C11H14O2S/c1-11(2,3)14-13-10-7-5-4-6-9(10)8-12/h4-8H,1-3H3. The molecular weight excluding hydrogens is 196 g/mol. The number of carbonyl (C=O) groups is 1. The molecule has 1 aromatic carbocycles. The summed E-state index contributed by atoms with van der Waals surface area (Å²) in [6.07, 6.45) is 0.804. The van der Waals surface area contributed by atoms with Crippen molar-refractivity contribution in [3.63, 3.8) is 0 Å². The maximum atomic E-state index is 10.7. The van der Waals surface area contributed by atoms with Crippen LogP contribution in [0.1, 0.15) is 31.1 Å². The predicted octanol–water partition coefficient (Wildman–Crippen LogP) is 3.32. The van der Waals surface area contributed by atoms with Gasteiger partial charge in [0.25, 0.3) is 0 Å². The zero-order valence-corrected chi connectivity index (χ0v) is 9.43. The van der Waals surface area contributed by atoms with Crippen molar-refractivity contribution in [2.75, 3.05) is 0 Å². The SMILES string of the molecule is CC(C)(C)SOc1ccccc1C=O. The van der Waals surface area contributed by atoms with Gasteiger partial charge in [-0.1, -0.05) is 12.1 Å². The van der Waals surface area contributed by atoms with E-state index in [1.54, 1.807) is 12.1 Å². The summed E-state index contributed by atoms with van der Waals surface area (Å²) in [5.74, 6) is 0.627. The van der Waals surface area contributed by atoms with Gasteiger partial charge in [0.15, 0.2) is 6.29 Å². The molecule has 2 nitrogen and oxygen atoms in total. The van der Waals surface area contributed by atoms with Crippen LogP contribution in [0.5, 0.6) is 5.75 Å². The molecule has 0 amide bonds. The fourth-order valence-electron chi connectivity index (χ4n) is 0.824. The zero-order chi connectivity index (χ0) is 10.6. The Kier molecular flexibility index (Phi) is 3.58. The van der Waals surface area contributed by atoms with E-state index < -0.39 is 0 Å². The smallest absolute Gasteiger partial charge is 0.153 e. The summed E-state index contributed by atoms with van der Waals surface area (Å²) < 4.78 is 5.50. The van der Waals surface area contributed by atoms with Crippen molar-refractivity contribution in [3.05, 3.63) is 29.8 Å². The van der Waals surface area contributed by atoms with Gasteiger partial charge in [-0.05, 0) is 32.9 Å². The number of aldehydes is 1. The maximum Gasteiger partial charge on any atom is 0.153 e. The number of rotatable bonds is 3. The van der Waals surface area contributed by atoms with Gasteiger partial charge in [-0.3, -0.25) is 4.79 Å². The van der Waals surface area contributed by atoms with Gasteiger partial charge in [0.2, 0.25) is 0 Å². The van der Waals surface area contributed by atoms with Gasteiger partial charge in [-0.25, -0.2) is 0 Å². The lowest BCUT2D eigenvalue weighted by molar-refractivity contribution is 0.112. The Morgan fingerprint density at radius 1 is 1.29 bits per heavy atom. The first-order chi connectivity index (χ1) is 6.53. The molecule has 0 aliphatic carbocycles. The van der Waals surface area contributed by atoms with Crippen LogP contribution in [0.3, 0.4) is 0 Å². The third-order valence-electron chi connectivity index (χ3n) is 1.43. The van der Waals surface area contributed by atoms with Crippen LogP contribution in [-0.2, 0) is 0 Å². The first-order valence-electron chi connectivity index (χ1n) is 4.43. The van der Waals surface area contributed by atoms with Crippen LogP contribution < -0.4 is 4.18 Å². The van der Waals surface area contributed by atoms with Crippen LogP contribution >= 0.6 is 12.0 Å². The number of para-hydroxylation sites is 1. The third kappa shape index (κ3) is 3.42. The fourth-order valence-corrected chi connectivity index (χ4v) is 1.32. The summed E-state index contributed by atoms with van der Waals surface area (Å²) in [6, 6.07) is 7.21. The number of hydrogen-bond acceptors (Lipinski definition) is 3. The Bertz CT molecular complexity index is 315. The lowest BCUT2D eigenvalue weighted by Gasteiger charge is -2.17. The summed E-state index contributed by atoms with van der Waals surface area (Å²) in [5, 5.41) is 0. The molecule has 1 aromatic rings. The van der Waals surface area contributed by atoms with Crippen molar-refractivity contribution in [3.8, 4) is 5.75 Å². The number of hydrogen-bond donors (Lipinski definition) is 0. The van der Waals surface area contributed by atoms with E-state index >= 15 is 0 Å². The first kappa shape index (κ1) is 11.1. The average Bonchev–Trinajstić information content (AvgIpc) is 2.14. The normalized spacial score (nSPS) is 11.1. The van der Waals surface area contributed by atoms with Crippen molar-refractivity contribution in [1.29, 1.82) is 0 Å². The second-order valence-electron chi connectivity index (χ2n) is 3.93. The highest BCUT2D eigenvalue weighted by atomic mass is 32.2. The largest absolute Gasteiger partial charge is 0.425 e. The summed E-state index contributed by atoms with van der Waals surface area (Å²) in [4.78, 5) is 10.7. The van der Waals surface area contributed by atoms with Crippen LogP contribution in [0.2, 0.25) is 0 Å². The fraction of sp³-hybridized carbons (Fsp3) is 0.364. The van der Waals surface area contributed by atoms with Crippen molar-refractivity contribution in [2.24, 2.45) is 0 Å². The summed E-state index contributed by atoms with van der Waals surface area (Å²) >= 11 is 1.36. The first-order valence-corrected chi connectivity index (χ1v) is 5.17. The monoisotopic (exact) mass is 210 g/mol. The van der Waals surface area contributed by atoms with Gasteiger partial charge in [0.1, 0.15) is 5.75 Å². The van der Waals surface area contributed by atoms with E-state index in [0.717, 1.165) is 6.29 Å². The summed E-state index contributed by atoms with van der Waals surface area (Å²) in [5.41, 5.74) is 0.587. The van der Waals surface area contributed by atoms with Gasteiger partial charge < -0.3 is 4.18 Å². The third-order valence-corrected chi connectivity index (χ3v) is 2.19. The van der Waals surface area contributed by atoms with E-state index in [9.17, 15) is 4.79 Å².